The van der Waals surface area contributed by atoms with Gasteiger partial charge in [-0.05, 0) is 12.0 Å². The van der Waals surface area contributed by atoms with Crippen molar-refractivity contribution < 1.29 is 0 Å². The summed E-state index contributed by atoms with van der Waals surface area (Å²) in [6, 6.07) is 1.71. The average Bonchev–Trinajstić information content (AvgIpc) is 2.11. The molecule has 0 amide bonds. The summed E-state index contributed by atoms with van der Waals surface area (Å²) in [4.78, 5) is 12.6. The summed E-state index contributed by atoms with van der Waals surface area (Å²) in [5.41, 5.74) is -0.102. The fourth-order valence-corrected chi connectivity index (χ4v) is 2.49. The number of pyridine rings is 1. The maximum atomic E-state index is 11.6. The second-order valence-corrected chi connectivity index (χ2v) is 5.81. The van der Waals surface area contributed by atoms with E-state index in [2.05, 4.69) is 35.1 Å². The molecule has 1 rings (SSSR count). The topological polar surface area (TPSA) is 22.0 Å². The van der Waals surface area contributed by atoms with Crippen LogP contribution in [0.4, 0.5) is 0 Å². The van der Waals surface area contributed by atoms with Crippen LogP contribution in [0.2, 0.25) is 5.02 Å². The molecule has 0 saturated heterocycles. The molecular formula is C9H11ClINOS. The maximum Gasteiger partial charge on any atom is 0.269 e. The molecule has 0 unspecified atom stereocenters. The highest BCUT2D eigenvalue weighted by Gasteiger charge is 2.05. The fourth-order valence-electron chi connectivity index (χ4n) is 1.14. The zero-order valence-electron chi connectivity index (χ0n) is 7.96. The number of hydrogen-bond donors (Lipinski definition) is 0. The van der Waals surface area contributed by atoms with Gasteiger partial charge in [-0.25, -0.2) is 0 Å². The van der Waals surface area contributed by atoms with Crippen LogP contribution in [0.3, 0.4) is 0 Å². The predicted molar refractivity (Wildman–Crippen MR) is 70.4 cm³/mol. The zero-order valence-corrected chi connectivity index (χ0v) is 11.7. The molecule has 0 radical (unpaired) electrons. The van der Waals surface area contributed by atoms with E-state index in [9.17, 15) is 4.79 Å². The first-order valence-corrected chi connectivity index (χ1v) is 7.97. The first-order chi connectivity index (χ1) is 6.54. The maximum absolute atomic E-state index is 11.6. The van der Waals surface area contributed by atoms with Gasteiger partial charge in [-0.15, -0.1) is 0 Å². The van der Waals surface area contributed by atoms with Crippen LogP contribution in [-0.4, -0.2) is 4.57 Å². The van der Waals surface area contributed by atoms with Crippen LogP contribution in [0.1, 0.15) is 13.8 Å². The van der Waals surface area contributed by atoms with E-state index in [1.54, 1.807) is 19.6 Å². The lowest BCUT2D eigenvalue weighted by molar-refractivity contribution is 0.508. The minimum absolute atomic E-state index is 0.102. The molecule has 0 aliphatic carbocycles. The van der Waals surface area contributed by atoms with Gasteiger partial charge in [-0.1, -0.05) is 34.4 Å². The van der Waals surface area contributed by atoms with Gasteiger partial charge in [0.05, 0.1) is 0 Å². The summed E-state index contributed by atoms with van der Waals surface area (Å²) in [6.07, 6.45) is 1.85. The van der Waals surface area contributed by atoms with Gasteiger partial charge in [0.1, 0.15) is 5.02 Å². The monoisotopic (exact) mass is 343 g/mol. The van der Waals surface area contributed by atoms with Crippen LogP contribution < -0.4 is 5.56 Å². The Morgan fingerprint density at radius 2 is 2.29 bits per heavy atom. The lowest BCUT2D eigenvalue weighted by Gasteiger charge is -2.09. The highest BCUT2D eigenvalue weighted by molar-refractivity contribution is 14.2. The number of aromatic nitrogens is 1. The van der Waals surface area contributed by atoms with E-state index < -0.39 is 0 Å². The Balaban J connectivity index is 3.14. The Bertz CT molecular complexity index is 378. The largest absolute Gasteiger partial charge is 0.313 e. The van der Waals surface area contributed by atoms with Crippen molar-refractivity contribution in [3.05, 3.63) is 27.6 Å². The SMILES string of the molecule is CC(C)Cn1cc(SI)cc(Cl)c1=O. The molecule has 0 aliphatic rings. The highest BCUT2D eigenvalue weighted by Crippen LogP contribution is 2.25. The smallest absolute Gasteiger partial charge is 0.269 e. The van der Waals surface area contributed by atoms with Crippen molar-refractivity contribution in [1.82, 2.24) is 4.57 Å². The molecule has 1 heterocycles. The summed E-state index contributed by atoms with van der Waals surface area (Å²) in [5.74, 6) is 0.443. The Morgan fingerprint density at radius 1 is 1.64 bits per heavy atom. The molecule has 2 nitrogen and oxygen atoms in total. The van der Waals surface area contributed by atoms with Crippen molar-refractivity contribution in [1.29, 1.82) is 0 Å². The average molecular weight is 344 g/mol. The van der Waals surface area contributed by atoms with Gasteiger partial charge in [-0.2, -0.15) is 0 Å². The molecular weight excluding hydrogens is 333 g/mol. The van der Waals surface area contributed by atoms with Gasteiger partial charge in [0.15, 0.2) is 0 Å². The van der Waals surface area contributed by atoms with Gasteiger partial charge in [0.25, 0.3) is 5.56 Å². The Morgan fingerprint density at radius 3 is 2.79 bits per heavy atom. The molecule has 5 heteroatoms. The van der Waals surface area contributed by atoms with E-state index in [1.165, 1.54) is 0 Å². The van der Waals surface area contributed by atoms with Gasteiger partial charge >= 0.3 is 0 Å². The summed E-state index contributed by atoms with van der Waals surface area (Å²) in [6.45, 7) is 4.86. The van der Waals surface area contributed by atoms with Gasteiger partial charge in [0, 0.05) is 38.8 Å². The molecule has 0 aromatic carbocycles. The van der Waals surface area contributed by atoms with E-state index in [0.717, 1.165) is 4.90 Å². The van der Waals surface area contributed by atoms with Crippen LogP contribution in [-0.2, 0) is 6.54 Å². The Hall–Kier alpha value is 0.320. The second-order valence-electron chi connectivity index (χ2n) is 3.45. The van der Waals surface area contributed by atoms with Crippen molar-refractivity contribution in [2.45, 2.75) is 25.3 Å². The van der Waals surface area contributed by atoms with E-state index in [1.807, 2.05) is 6.20 Å². The van der Waals surface area contributed by atoms with Crippen molar-refractivity contribution in [2.24, 2.45) is 5.92 Å². The van der Waals surface area contributed by atoms with Gasteiger partial charge < -0.3 is 4.57 Å². The minimum atomic E-state index is -0.102. The van der Waals surface area contributed by atoms with Crippen LogP contribution in [0, 0.1) is 5.92 Å². The molecule has 0 N–H and O–H groups in total. The van der Waals surface area contributed by atoms with Crippen molar-refractivity contribution in [3.8, 4) is 0 Å². The van der Waals surface area contributed by atoms with Crippen LogP contribution in [0.5, 0.6) is 0 Å². The first-order valence-electron chi connectivity index (χ1n) is 4.23. The van der Waals surface area contributed by atoms with E-state index in [-0.39, 0.29) is 5.56 Å². The van der Waals surface area contributed by atoms with Gasteiger partial charge in [-0.3, -0.25) is 4.79 Å². The highest BCUT2D eigenvalue weighted by atomic mass is 127. The lowest BCUT2D eigenvalue weighted by atomic mass is 10.2. The molecule has 0 aliphatic heterocycles. The fraction of sp³-hybridized carbons (Fsp3) is 0.444. The molecule has 0 atom stereocenters. The Labute approximate surface area is 105 Å². The van der Waals surface area contributed by atoms with Crippen LogP contribution >= 0.6 is 41.7 Å². The number of halogens is 2. The van der Waals surface area contributed by atoms with Crippen molar-refractivity contribution >= 4 is 41.7 Å². The van der Waals surface area contributed by atoms with Crippen LogP contribution in [0.25, 0.3) is 0 Å². The molecule has 14 heavy (non-hydrogen) atoms. The third-order valence-electron chi connectivity index (χ3n) is 1.67. The number of rotatable bonds is 3. The first kappa shape index (κ1) is 12.4. The molecule has 0 fully saturated rings. The molecule has 1 aromatic rings. The molecule has 78 valence electrons. The van der Waals surface area contributed by atoms with E-state index in [0.29, 0.717) is 17.5 Å². The van der Waals surface area contributed by atoms with Crippen molar-refractivity contribution in [2.75, 3.05) is 0 Å². The third kappa shape index (κ3) is 3.17. The molecule has 1 aromatic heterocycles. The predicted octanol–water partition coefficient (Wildman–Crippen LogP) is 3.60. The minimum Gasteiger partial charge on any atom is -0.313 e. The summed E-state index contributed by atoms with van der Waals surface area (Å²) in [5, 5.41) is 0.298. The summed E-state index contributed by atoms with van der Waals surface area (Å²) < 4.78 is 1.67. The van der Waals surface area contributed by atoms with Gasteiger partial charge in [0.2, 0.25) is 0 Å². The van der Waals surface area contributed by atoms with Crippen LogP contribution in [0.15, 0.2) is 22.0 Å². The number of nitrogens with zero attached hydrogens (tertiary/aromatic N) is 1. The standard InChI is InChI=1S/C9H11ClINOS/c1-6(2)4-12-5-7(14-11)3-8(10)9(12)13/h3,5-6H,4H2,1-2H3. The normalized spacial score (nSPS) is 10.9. The summed E-state index contributed by atoms with van der Waals surface area (Å²) in [7, 11) is 1.56. The molecule has 0 spiro atoms. The molecule has 0 saturated carbocycles. The lowest BCUT2D eigenvalue weighted by Crippen LogP contribution is -2.22. The zero-order chi connectivity index (χ0) is 10.7. The summed E-state index contributed by atoms with van der Waals surface area (Å²) >= 11 is 8.01. The molecule has 0 bridgehead atoms. The van der Waals surface area contributed by atoms with Crippen molar-refractivity contribution in [3.63, 3.8) is 0 Å². The third-order valence-corrected chi connectivity index (χ3v) is 3.87. The quantitative estimate of drug-likeness (QED) is 0.782. The second kappa shape index (κ2) is 5.42. The number of hydrogen-bond acceptors (Lipinski definition) is 2. The van der Waals surface area contributed by atoms with E-state index >= 15 is 0 Å². The van der Waals surface area contributed by atoms with E-state index in [4.69, 9.17) is 11.6 Å². The Kier molecular flexibility index (Phi) is 4.79.